The summed E-state index contributed by atoms with van der Waals surface area (Å²) >= 11 is 0. The molecule has 0 aromatic heterocycles. The van der Waals surface area contributed by atoms with Gasteiger partial charge in [0.2, 0.25) is 0 Å². The van der Waals surface area contributed by atoms with Crippen molar-refractivity contribution in [2.75, 3.05) is 11.4 Å². The molecule has 1 fully saturated rings. The van der Waals surface area contributed by atoms with Gasteiger partial charge in [-0.2, -0.15) is 0 Å². The Kier molecular flexibility index (Phi) is 3.69. The third-order valence-electron chi connectivity index (χ3n) is 3.50. The fourth-order valence-electron chi connectivity index (χ4n) is 2.52. The fourth-order valence-corrected chi connectivity index (χ4v) is 2.52. The highest BCUT2D eigenvalue weighted by Gasteiger charge is 2.29. The number of carbonyl (C=O) groups is 1. The highest BCUT2D eigenvalue weighted by atomic mass is 16.6. The van der Waals surface area contributed by atoms with Gasteiger partial charge in [0.05, 0.1) is 4.92 Å². The van der Waals surface area contributed by atoms with Crippen LogP contribution in [0, 0.1) is 17.0 Å². The lowest BCUT2D eigenvalue weighted by Crippen LogP contribution is -2.44. The lowest BCUT2D eigenvalue weighted by Gasteiger charge is -2.35. The Morgan fingerprint density at radius 2 is 2.21 bits per heavy atom. The van der Waals surface area contributed by atoms with Gasteiger partial charge in [0.25, 0.3) is 5.69 Å². The highest BCUT2D eigenvalue weighted by Crippen LogP contribution is 2.29. The number of nitro benzene ring substituents is 1. The summed E-state index contributed by atoms with van der Waals surface area (Å²) < 4.78 is 0. The first-order valence-electron chi connectivity index (χ1n) is 6.25. The minimum atomic E-state index is -0.837. The maximum Gasteiger partial charge on any atom is 0.326 e. The molecule has 1 atom stereocenters. The van der Waals surface area contributed by atoms with Gasteiger partial charge in [-0.15, -0.1) is 0 Å². The predicted molar refractivity (Wildman–Crippen MR) is 70.5 cm³/mol. The molecule has 0 unspecified atom stereocenters. The van der Waals surface area contributed by atoms with Gasteiger partial charge >= 0.3 is 5.97 Å². The molecule has 102 valence electrons. The molecule has 2 rings (SSSR count). The van der Waals surface area contributed by atoms with E-state index in [4.69, 9.17) is 0 Å². The topological polar surface area (TPSA) is 83.7 Å². The summed E-state index contributed by atoms with van der Waals surface area (Å²) in [4.78, 5) is 23.4. The first kappa shape index (κ1) is 13.3. The van der Waals surface area contributed by atoms with E-state index in [9.17, 15) is 20.0 Å². The SMILES string of the molecule is Cc1cc(N2CCCC[C@H]2C(=O)O)ccc1[N+](=O)[O-]. The van der Waals surface area contributed by atoms with Crippen molar-refractivity contribution < 1.29 is 14.8 Å². The summed E-state index contributed by atoms with van der Waals surface area (Å²) in [6.07, 6.45) is 2.46. The van der Waals surface area contributed by atoms with Crippen molar-refractivity contribution in [1.82, 2.24) is 0 Å². The molecule has 1 aromatic carbocycles. The first-order valence-corrected chi connectivity index (χ1v) is 6.25. The van der Waals surface area contributed by atoms with Gasteiger partial charge in [0.15, 0.2) is 0 Å². The number of nitrogens with zero attached hydrogens (tertiary/aromatic N) is 2. The maximum absolute atomic E-state index is 11.2. The highest BCUT2D eigenvalue weighted by molar-refractivity contribution is 5.78. The van der Waals surface area contributed by atoms with Crippen LogP contribution in [0.5, 0.6) is 0 Å². The number of hydrogen-bond donors (Lipinski definition) is 1. The van der Waals surface area contributed by atoms with E-state index in [1.807, 2.05) is 4.90 Å². The van der Waals surface area contributed by atoms with Crippen LogP contribution < -0.4 is 4.90 Å². The van der Waals surface area contributed by atoms with Crippen molar-refractivity contribution >= 4 is 17.3 Å². The zero-order chi connectivity index (χ0) is 14.0. The van der Waals surface area contributed by atoms with Gasteiger partial charge in [-0.05, 0) is 38.3 Å². The molecule has 1 aromatic rings. The largest absolute Gasteiger partial charge is 0.480 e. The predicted octanol–water partition coefficient (Wildman–Crippen LogP) is 2.35. The number of piperidine rings is 1. The third-order valence-corrected chi connectivity index (χ3v) is 3.50. The lowest BCUT2D eigenvalue weighted by molar-refractivity contribution is -0.385. The van der Waals surface area contributed by atoms with Crippen LogP contribution in [0.3, 0.4) is 0 Å². The lowest BCUT2D eigenvalue weighted by atomic mass is 10.0. The second-order valence-corrected chi connectivity index (χ2v) is 4.77. The summed E-state index contributed by atoms with van der Waals surface area (Å²) in [7, 11) is 0. The van der Waals surface area contributed by atoms with Gasteiger partial charge in [-0.1, -0.05) is 0 Å². The van der Waals surface area contributed by atoms with E-state index in [0.29, 0.717) is 18.5 Å². The molecule has 1 aliphatic heterocycles. The van der Waals surface area contributed by atoms with Crippen LogP contribution in [-0.4, -0.2) is 28.6 Å². The molecule has 0 aliphatic carbocycles. The van der Waals surface area contributed by atoms with Crippen molar-refractivity contribution in [3.05, 3.63) is 33.9 Å². The molecule has 0 amide bonds. The number of carboxylic acids is 1. The standard InChI is InChI=1S/C13H16N2O4/c1-9-8-10(5-6-11(9)15(18)19)14-7-3-2-4-12(14)13(16)17/h5-6,8,12H,2-4,7H2,1H3,(H,16,17)/t12-/m0/s1. The Hall–Kier alpha value is -2.11. The zero-order valence-electron chi connectivity index (χ0n) is 10.7. The Balaban J connectivity index is 2.32. The van der Waals surface area contributed by atoms with E-state index in [0.717, 1.165) is 18.5 Å². The number of aryl methyl sites for hydroxylation is 1. The van der Waals surface area contributed by atoms with E-state index in [-0.39, 0.29) is 5.69 Å². The summed E-state index contributed by atoms with van der Waals surface area (Å²) in [5, 5.41) is 20.0. The number of anilines is 1. The van der Waals surface area contributed by atoms with Crippen LogP contribution >= 0.6 is 0 Å². The Labute approximate surface area is 110 Å². The number of benzene rings is 1. The Morgan fingerprint density at radius 3 is 2.79 bits per heavy atom. The van der Waals surface area contributed by atoms with Gasteiger partial charge < -0.3 is 10.0 Å². The third kappa shape index (κ3) is 2.67. The van der Waals surface area contributed by atoms with Crippen LogP contribution in [-0.2, 0) is 4.79 Å². The Morgan fingerprint density at radius 1 is 1.47 bits per heavy atom. The second kappa shape index (κ2) is 5.26. The van der Waals surface area contributed by atoms with Crippen molar-refractivity contribution in [2.24, 2.45) is 0 Å². The van der Waals surface area contributed by atoms with Crippen LogP contribution in [0.1, 0.15) is 24.8 Å². The van der Waals surface area contributed by atoms with Crippen molar-refractivity contribution in [1.29, 1.82) is 0 Å². The molecule has 6 nitrogen and oxygen atoms in total. The van der Waals surface area contributed by atoms with E-state index in [1.54, 1.807) is 19.1 Å². The molecular weight excluding hydrogens is 248 g/mol. The summed E-state index contributed by atoms with van der Waals surface area (Å²) in [5.74, 6) is -0.837. The molecule has 1 N–H and O–H groups in total. The average Bonchev–Trinajstić information content (AvgIpc) is 2.38. The van der Waals surface area contributed by atoms with E-state index in [2.05, 4.69) is 0 Å². The maximum atomic E-state index is 11.2. The van der Waals surface area contributed by atoms with Crippen LogP contribution in [0.4, 0.5) is 11.4 Å². The first-order chi connectivity index (χ1) is 9.00. The van der Waals surface area contributed by atoms with Crippen molar-refractivity contribution in [3.63, 3.8) is 0 Å². The zero-order valence-corrected chi connectivity index (χ0v) is 10.7. The molecule has 6 heteroatoms. The molecule has 19 heavy (non-hydrogen) atoms. The van der Waals surface area contributed by atoms with Crippen molar-refractivity contribution in [3.8, 4) is 0 Å². The number of nitro groups is 1. The molecule has 1 heterocycles. The summed E-state index contributed by atoms with van der Waals surface area (Å²) in [6.45, 7) is 2.34. The molecule has 0 bridgehead atoms. The molecular formula is C13H16N2O4. The smallest absolute Gasteiger partial charge is 0.326 e. The quantitative estimate of drug-likeness (QED) is 0.669. The Bertz CT molecular complexity index is 515. The number of aliphatic carboxylic acids is 1. The van der Waals surface area contributed by atoms with E-state index < -0.39 is 16.9 Å². The second-order valence-electron chi connectivity index (χ2n) is 4.77. The monoisotopic (exact) mass is 264 g/mol. The molecule has 0 radical (unpaired) electrons. The summed E-state index contributed by atoms with van der Waals surface area (Å²) in [6, 6.07) is 4.24. The van der Waals surface area contributed by atoms with Crippen molar-refractivity contribution in [2.45, 2.75) is 32.2 Å². The summed E-state index contributed by atoms with van der Waals surface area (Å²) in [5.41, 5.74) is 1.36. The minimum Gasteiger partial charge on any atom is -0.480 e. The van der Waals surface area contributed by atoms with E-state index >= 15 is 0 Å². The molecule has 0 saturated carbocycles. The van der Waals surface area contributed by atoms with Crippen LogP contribution in [0.25, 0.3) is 0 Å². The molecule has 1 aliphatic rings. The fraction of sp³-hybridized carbons (Fsp3) is 0.462. The van der Waals surface area contributed by atoms with Crippen LogP contribution in [0.2, 0.25) is 0 Å². The van der Waals surface area contributed by atoms with Crippen LogP contribution in [0.15, 0.2) is 18.2 Å². The average molecular weight is 264 g/mol. The van der Waals surface area contributed by atoms with Gasteiger partial charge in [-0.25, -0.2) is 4.79 Å². The van der Waals surface area contributed by atoms with Gasteiger partial charge in [0.1, 0.15) is 6.04 Å². The number of hydrogen-bond acceptors (Lipinski definition) is 4. The molecule has 1 saturated heterocycles. The van der Waals surface area contributed by atoms with E-state index in [1.165, 1.54) is 6.07 Å². The number of rotatable bonds is 3. The minimum absolute atomic E-state index is 0.0626. The van der Waals surface area contributed by atoms with Gasteiger partial charge in [-0.3, -0.25) is 10.1 Å². The number of carboxylic acid groups (broad SMARTS) is 1. The van der Waals surface area contributed by atoms with Gasteiger partial charge in [0, 0.05) is 23.9 Å². The molecule has 0 spiro atoms. The normalized spacial score (nSPS) is 19.2.